The summed E-state index contributed by atoms with van der Waals surface area (Å²) in [6, 6.07) is 3.84. The fourth-order valence-electron chi connectivity index (χ4n) is 1.58. The molecule has 0 N–H and O–H groups in total. The second-order valence-corrected chi connectivity index (χ2v) is 5.61. The highest BCUT2D eigenvalue weighted by Gasteiger charge is 2.12. The number of ketones is 1. The topological polar surface area (TPSA) is 26.3 Å². The minimum Gasteiger partial charge on any atom is -0.486 e. The van der Waals surface area contributed by atoms with Gasteiger partial charge in [-0.2, -0.15) is 0 Å². The van der Waals surface area contributed by atoms with Crippen LogP contribution in [0.25, 0.3) is 0 Å². The van der Waals surface area contributed by atoms with Crippen molar-refractivity contribution in [3.63, 3.8) is 0 Å². The summed E-state index contributed by atoms with van der Waals surface area (Å²) < 4.78 is 5.60. The van der Waals surface area contributed by atoms with Crippen LogP contribution in [0.4, 0.5) is 0 Å². The van der Waals surface area contributed by atoms with Crippen molar-refractivity contribution in [3.05, 3.63) is 28.3 Å². The summed E-state index contributed by atoms with van der Waals surface area (Å²) in [5, 5.41) is 0.755. The number of aryl methyl sites for hydroxylation is 1. The molecule has 0 unspecified atom stereocenters. The van der Waals surface area contributed by atoms with Crippen LogP contribution in [0.1, 0.15) is 44.7 Å². The molecule has 1 aromatic rings. The highest BCUT2D eigenvalue weighted by molar-refractivity contribution is 6.31. The van der Waals surface area contributed by atoms with E-state index in [0.717, 1.165) is 21.9 Å². The molecule has 1 rings (SSSR count). The Morgan fingerprint density at radius 2 is 1.89 bits per heavy atom. The summed E-state index contributed by atoms with van der Waals surface area (Å²) >= 11 is 6.19. The summed E-state index contributed by atoms with van der Waals surface area (Å²) in [7, 11) is 0. The van der Waals surface area contributed by atoms with Crippen LogP contribution in [0.5, 0.6) is 5.75 Å². The maximum atomic E-state index is 11.6. The first-order valence-corrected chi connectivity index (χ1v) is 6.66. The Bertz CT molecular complexity index is 436. The van der Waals surface area contributed by atoms with Crippen LogP contribution in [0, 0.1) is 12.8 Å². The van der Waals surface area contributed by atoms with Gasteiger partial charge in [-0.15, -0.1) is 0 Å². The van der Waals surface area contributed by atoms with Gasteiger partial charge >= 0.3 is 0 Å². The lowest BCUT2D eigenvalue weighted by Gasteiger charge is -2.15. The van der Waals surface area contributed by atoms with Crippen molar-refractivity contribution in [2.24, 2.45) is 5.92 Å². The summed E-state index contributed by atoms with van der Waals surface area (Å²) in [5.74, 6) is 1.19. The van der Waals surface area contributed by atoms with E-state index < -0.39 is 0 Å². The molecule has 0 saturated carbocycles. The monoisotopic (exact) mass is 268 g/mol. The molecule has 3 heteroatoms. The van der Waals surface area contributed by atoms with Gasteiger partial charge in [0.15, 0.2) is 5.78 Å². The summed E-state index contributed by atoms with van der Waals surface area (Å²) in [6.45, 7) is 9.97. The van der Waals surface area contributed by atoms with Crippen LogP contribution in [-0.2, 0) is 4.79 Å². The lowest BCUT2D eigenvalue weighted by Crippen LogP contribution is -2.17. The van der Waals surface area contributed by atoms with Crippen molar-refractivity contribution in [1.29, 1.82) is 0 Å². The van der Waals surface area contributed by atoms with Gasteiger partial charge in [0.05, 0.1) is 0 Å². The van der Waals surface area contributed by atoms with Gasteiger partial charge in [-0.25, -0.2) is 0 Å². The molecule has 0 spiro atoms. The average Bonchev–Trinajstić information content (AvgIpc) is 2.26. The second-order valence-electron chi connectivity index (χ2n) is 5.20. The third-order valence-corrected chi connectivity index (χ3v) is 3.26. The number of Topliss-reactive ketones (excluding diaryl/α,β-unsaturated/α-hetero) is 1. The molecule has 0 fully saturated rings. The maximum absolute atomic E-state index is 11.6. The number of rotatable bonds is 5. The molecule has 0 atom stereocenters. The third-order valence-electron chi connectivity index (χ3n) is 2.93. The van der Waals surface area contributed by atoms with E-state index in [1.807, 2.05) is 32.9 Å². The van der Waals surface area contributed by atoms with Crippen molar-refractivity contribution in [3.8, 4) is 5.75 Å². The largest absolute Gasteiger partial charge is 0.486 e. The zero-order valence-corrected chi connectivity index (χ0v) is 12.5. The van der Waals surface area contributed by atoms with E-state index in [0.29, 0.717) is 5.92 Å². The van der Waals surface area contributed by atoms with E-state index >= 15 is 0 Å². The van der Waals surface area contributed by atoms with Gasteiger partial charge in [-0.05, 0) is 36.1 Å². The molecule has 0 amide bonds. The minimum absolute atomic E-state index is 0.00201. The van der Waals surface area contributed by atoms with Gasteiger partial charge in [-0.1, -0.05) is 39.3 Å². The van der Waals surface area contributed by atoms with Gasteiger partial charge in [0.25, 0.3) is 0 Å². The quantitative estimate of drug-likeness (QED) is 0.792. The van der Waals surface area contributed by atoms with Gasteiger partial charge < -0.3 is 4.74 Å². The van der Waals surface area contributed by atoms with Crippen molar-refractivity contribution in [2.75, 3.05) is 6.61 Å². The number of benzene rings is 1. The molecule has 0 radical (unpaired) electrons. The Kier molecular flexibility index (Phi) is 5.21. The molecule has 0 aliphatic rings. The molecule has 1 aromatic carbocycles. The molecule has 0 saturated heterocycles. The Balaban J connectivity index is 2.89. The lowest BCUT2D eigenvalue weighted by molar-refractivity contribution is -0.123. The summed E-state index contributed by atoms with van der Waals surface area (Å²) in [4.78, 5) is 11.6. The third kappa shape index (κ3) is 3.74. The lowest BCUT2D eigenvalue weighted by atomic mass is 10.0. The van der Waals surface area contributed by atoms with Crippen LogP contribution >= 0.6 is 11.6 Å². The fourth-order valence-corrected chi connectivity index (χ4v) is 2.02. The van der Waals surface area contributed by atoms with Crippen molar-refractivity contribution >= 4 is 17.4 Å². The Morgan fingerprint density at radius 3 is 2.39 bits per heavy atom. The number of carbonyl (C=O) groups excluding carboxylic acids is 1. The van der Waals surface area contributed by atoms with E-state index in [2.05, 4.69) is 13.8 Å². The molecule has 100 valence electrons. The zero-order chi connectivity index (χ0) is 13.9. The van der Waals surface area contributed by atoms with E-state index in [-0.39, 0.29) is 18.3 Å². The first-order valence-electron chi connectivity index (χ1n) is 6.28. The summed E-state index contributed by atoms with van der Waals surface area (Å²) in [5.41, 5.74) is 2.01. The maximum Gasteiger partial charge on any atom is 0.172 e. The summed E-state index contributed by atoms with van der Waals surface area (Å²) in [6.07, 6.45) is 0. The number of halogens is 1. The van der Waals surface area contributed by atoms with Gasteiger partial charge in [0.1, 0.15) is 12.4 Å². The van der Waals surface area contributed by atoms with E-state index in [4.69, 9.17) is 16.3 Å². The highest BCUT2D eigenvalue weighted by Crippen LogP contribution is 2.31. The van der Waals surface area contributed by atoms with E-state index in [9.17, 15) is 4.79 Å². The molecule has 0 aliphatic carbocycles. The molecule has 0 aliphatic heterocycles. The first-order chi connectivity index (χ1) is 8.32. The zero-order valence-electron chi connectivity index (χ0n) is 11.7. The molecule has 18 heavy (non-hydrogen) atoms. The Hall–Kier alpha value is -1.02. The highest BCUT2D eigenvalue weighted by atomic mass is 35.5. The fraction of sp³-hybridized carbons (Fsp3) is 0.533. The number of hydrogen-bond donors (Lipinski definition) is 0. The molecular weight excluding hydrogens is 248 g/mol. The predicted octanol–water partition coefficient (Wildman–Crippen LogP) is 4.38. The Morgan fingerprint density at radius 1 is 1.28 bits per heavy atom. The van der Waals surface area contributed by atoms with Crippen LogP contribution in [-0.4, -0.2) is 12.4 Å². The molecule has 2 nitrogen and oxygen atoms in total. The van der Waals surface area contributed by atoms with E-state index in [1.165, 1.54) is 0 Å². The average molecular weight is 269 g/mol. The van der Waals surface area contributed by atoms with Crippen molar-refractivity contribution in [2.45, 2.75) is 40.5 Å². The van der Waals surface area contributed by atoms with Crippen LogP contribution in [0.3, 0.4) is 0 Å². The van der Waals surface area contributed by atoms with Gasteiger partial charge in [0.2, 0.25) is 0 Å². The number of carbonyl (C=O) groups is 1. The van der Waals surface area contributed by atoms with Gasteiger partial charge in [0, 0.05) is 10.9 Å². The molecule has 0 bridgehead atoms. The molecule has 0 aromatic heterocycles. The van der Waals surface area contributed by atoms with Crippen molar-refractivity contribution < 1.29 is 9.53 Å². The first kappa shape index (κ1) is 15.0. The minimum atomic E-state index is 0.00201. The Labute approximate surface area is 114 Å². The number of ether oxygens (including phenoxy) is 1. The second kappa shape index (κ2) is 6.24. The SMILES string of the molecule is Cc1cc(Cl)c(C(C)C)cc1OCC(=O)C(C)C. The van der Waals surface area contributed by atoms with Crippen LogP contribution < -0.4 is 4.74 Å². The van der Waals surface area contributed by atoms with Crippen molar-refractivity contribution in [1.82, 2.24) is 0 Å². The van der Waals surface area contributed by atoms with E-state index in [1.54, 1.807) is 0 Å². The number of hydrogen-bond acceptors (Lipinski definition) is 2. The smallest absolute Gasteiger partial charge is 0.172 e. The van der Waals surface area contributed by atoms with Gasteiger partial charge in [-0.3, -0.25) is 4.79 Å². The predicted molar refractivity (Wildman–Crippen MR) is 75.6 cm³/mol. The van der Waals surface area contributed by atoms with Crippen LogP contribution in [0.15, 0.2) is 12.1 Å². The molecule has 0 heterocycles. The normalized spacial score (nSPS) is 11.1. The standard InChI is InChI=1S/C15H21ClO2/c1-9(2)12-7-15(11(5)6-13(12)16)18-8-14(17)10(3)4/h6-7,9-10H,8H2,1-5H3. The van der Waals surface area contributed by atoms with Crippen LogP contribution in [0.2, 0.25) is 5.02 Å². The molecular formula is C15H21ClO2.